The van der Waals surface area contributed by atoms with Gasteiger partial charge in [0.1, 0.15) is 5.60 Å². The van der Waals surface area contributed by atoms with E-state index in [0.717, 1.165) is 34.2 Å². The smallest absolute Gasteiger partial charge is 0.410 e. The lowest BCUT2D eigenvalue weighted by Gasteiger charge is -2.33. The molecule has 146 valence electrons. The summed E-state index contributed by atoms with van der Waals surface area (Å²) in [7, 11) is 0. The van der Waals surface area contributed by atoms with Crippen LogP contribution in [-0.4, -0.2) is 45.3 Å². The standard InChI is InChI=1S/C18H23N3O4S2/c1-18(2,3)25-17(22)20-8-4-5-12(10-20)11-26-16-19-14-9-13(21(23)24)6-7-15(14)27-16/h6-7,9,12H,4-5,8,10-11H2,1-3H3/t12-/m1/s1. The number of non-ortho nitro benzene ring substituents is 1. The average Bonchev–Trinajstić information content (AvgIpc) is 3.00. The van der Waals surface area contributed by atoms with Gasteiger partial charge in [-0.3, -0.25) is 10.1 Å². The van der Waals surface area contributed by atoms with Crippen LogP contribution >= 0.6 is 23.1 Å². The fourth-order valence-electron chi connectivity index (χ4n) is 2.95. The lowest BCUT2D eigenvalue weighted by molar-refractivity contribution is -0.384. The van der Waals surface area contributed by atoms with Crippen molar-refractivity contribution in [2.45, 2.75) is 43.6 Å². The molecule has 9 heteroatoms. The molecule has 1 saturated heterocycles. The first-order chi connectivity index (χ1) is 12.7. The predicted molar refractivity (Wildman–Crippen MR) is 108 cm³/mol. The minimum Gasteiger partial charge on any atom is -0.444 e. The maximum atomic E-state index is 12.3. The maximum Gasteiger partial charge on any atom is 0.410 e. The number of carbonyl (C=O) groups is 1. The van der Waals surface area contributed by atoms with Crippen LogP contribution in [0.2, 0.25) is 0 Å². The number of aromatic nitrogens is 1. The van der Waals surface area contributed by atoms with Crippen molar-refractivity contribution in [2.75, 3.05) is 18.8 Å². The Morgan fingerprint density at radius 1 is 1.48 bits per heavy atom. The Bertz CT molecular complexity index is 847. The summed E-state index contributed by atoms with van der Waals surface area (Å²) in [5.74, 6) is 1.25. The lowest BCUT2D eigenvalue weighted by atomic mass is 10.0. The van der Waals surface area contributed by atoms with Crippen LogP contribution < -0.4 is 0 Å². The molecule has 1 fully saturated rings. The number of carbonyl (C=O) groups excluding carboxylic acids is 1. The molecule has 3 rings (SSSR count). The lowest BCUT2D eigenvalue weighted by Crippen LogP contribution is -2.43. The molecule has 0 spiro atoms. The molecule has 1 aliphatic heterocycles. The van der Waals surface area contributed by atoms with Gasteiger partial charge in [0.15, 0.2) is 4.34 Å². The first kappa shape index (κ1) is 19.9. The third kappa shape index (κ3) is 5.32. The second-order valence-electron chi connectivity index (χ2n) is 7.63. The molecule has 1 aromatic heterocycles. The number of ether oxygens (including phenoxy) is 1. The average molecular weight is 410 g/mol. The molecule has 0 aliphatic carbocycles. The number of fused-ring (bicyclic) bond motifs is 1. The van der Waals surface area contributed by atoms with Crippen molar-refractivity contribution in [3.05, 3.63) is 28.3 Å². The van der Waals surface area contributed by atoms with Crippen LogP contribution in [0.5, 0.6) is 0 Å². The highest BCUT2D eigenvalue weighted by molar-refractivity contribution is 8.01. The molecular formula is C18H23N3O4S2. The monoisotopic (exact) mass is 409 g/mol. The topological polar surface area (TPSA) is 85.6 Å². The summed E-state index contributed by atoms with van der Waals surface area (Å²) in [5.41, 5.74) is 0.239. The summed E-state index contributed by atoms with van der Waals surface area (Å²) in [6, 6.07) is 4.77. The normalized spacial score (nSPS) is 17.9. The zero-order chi connectivity index (χ0) is 19.6. The summed E-state index contributed by atoms with van der Waals surface area (Å²) in [6.07, 6.45) is 1.80. The molecule has 1 aromatic carbocycles. The van der Waals surface area contributed by atoms with E-state index in [1.54, 1.807) is 34.1 Å². The van der Waals surface area contributed by atoms with Crippen molar-refractivity contribution in [2.24, 2.45) is 5.92 Å². The highest BCUT2D eigenvalue weighted by Crippen LogP contribution is 2.33. The van der Waals surface area contributed by atoms with Crippen LogP contribution in [0.25, 0.3) is 10.2 Å². The number of rotatable bonds is 4. The number of hydrogen-bond donors (Lipinski definition) is 0. The van der Waals surface area contributed by atoms with Crippen molar-refractivity contribution in [1.29, 1.82) is 0 Å². The molecule has 2 heterocycles. The number of thiazole rings is 1. The molecule has 0 radical (unpaired) electrons. The van der Waals surface area contributed by atoms with Crippen LogP contribution in [0.3, 0.4) is 0 Å². The third-order valence-electron chi connectivity index (χ3n) is 4.18. The predicted octanol–water partition coefficient (Wildman–Crippen LogP) is 4.94. The van der Waals surface area contributed by atoms with Gasteiger partial charge in [0.05, 0.1) is 15.1 Å². The van der Waals surface area contributed by atoms with Crippen molar-refractivity contribution >= 4 is 45.1 Å². The minimum absolute atomic E-state index is 0.0598. The Morgan fingerprint density at radius 3 is 2.96 bits per heavy atom. The fourth-order valence-corrected chi connectivity index (χ4v) is 5.15. The Kier molecular flexibility index (Phi) is 5.90. The van der Waals surface area contributed by atoms with E-state index in [-0.39, 0.29) is 11.8 Å². The van der Waals surface area contributed by atoms with Crippen LogP contribution in [0.15, 0.2) is 22.5 Å². The Hall–Kier alpha value is -1.87. The Morgan fingerprint density at radius 2 is 2.26 bits per heavy atom. The number of amides is 1. The molecular weight excluding hydrogens is 386 g/mol. The highest BCUT2D eigenvalue weighted by atomic mass is 32.2. The zero-order valence-electron chi connectivity index (χ0n) is 15.6. The van der Waals surface area contributed by atoms with E-state index in [1.807, 2.05) is 20.8 Å². The van der Waals surface area contributed by atoms with Crippen LogP contribution in [0, 0.1) is 16.0 Å². The van der Waals surface area contributed by atoms with Gasteiger partial charge < -0.3 is 9.64 Å². The van der Waals surface area contributed by atoms with E-state index >= 15 is 0 Å². The van der Waals surface area contributed by atoms with Gasteiger partial charge in [-0.1, -0.05) is 11.8 Å². The molecule has 0 N–H and O–H groups in total. The summed E-state index contributed by atoms with van der Waals surface area (Å²) in [4.78, 5) is 29.1. The van der Waals surface area contributed by atoms with Gasteiger partial charge in [0.25, 0.3) is 5.69 Å². The molecule has 7 nitrogen and oxygen atoms in total. The molecule has 1 aliphatic rings. The minimum atomic E-state index is -0.484. The van der Waals surface area contributed by atoms with Gasteiger partial charge >= 0.3 is 6.09 Å². The molecule has 1 amide bonds. The van der Waals surface area contributed by atoms with E-state index in [9.17, 15) is 14.9 Å². The number of benzene rings is 1. The number of nitro groups is 1. The molecule has 0 saturated carbocycles. The van der Waals surface area contributed by atoms with E-state index in [1.165, 1.54) is 12.1 Å². The summed E-state index contributed by atoms with van der Waals surface area (Å²) in [6.45, 7) is 7.05. The quantitative estimate of drug-likeness (QED) is 0.404. The number of piperidine rings is 1. The van der Waals surface area contributed by atoms with Crippen molar-refractivity contribution in [3.8, 4) is 0 Å². The van der Waals surface area contributed by atoms with E-state index in [2.05, 4.69) is 4.98 Å². The molecule has 1 atom stereocenters. The first-order valence-corrected chi connectivity index (χ1v) is 10.7. The second-order valence-corrected chi connectivity index (χ2v) is 9.93. The summed E-state index contributed by atoms with van der Waals surface area (Å²) in [5, 5.41) is 10.9. The number of nitro benzene ring substituents is 1. The van der Waals surface area contributed by atoms with E-state index < -0.39 is 10.5 Å². The van der Waals surface area contributed by atoms with Crippen LogP contribution in [0.1, 0.15) is 33.6 Å². The molecule has 27 heavy (non-hydrogen) atoms. The van der Waals surface area contributed by atoms with Crippen molar-refractivity contribution in [3.63, 3.8) is 0 Å². The third-order valence-corrected chi connectivity index (χ3v) is 6.59. The van der Waals surface area contributed by atoms with Gasteiger partial charge in [-0.2, -0.15) is 0 Å². The zero-order valence-corrected chi connectivity index (χ0v) is 17.3. The maximum absolute atomic E-state index is 12.3. The molecule has 0 bridgehead atoms. The van der Waals surface area contributed by atoms with Gasteiger partial charge in [-0.15, -0.1) is 11.3 Å². The van der Waals surface area contributed by atoms with Crippen molar-refractivity contribution in [1.82, 2.24) is 9.88 Å². The first-order valence-electron chi connectivity index (χ1n) is 8.87. The Labute approximate surface area is 166 Å². The molecule has 0 unspecified atom stereocenters. The van der Waals surface area contributed by atoms with E-state index in [0.29, 0.717) is 18.0 Å². The van der Waals surface area contributed by atoms with Gasteiger partial charge in [-0.25, -0.2) is 9.78 Å². The number of likely N-dealkylation sites (tertiary alicyclic amines) is 1. The van der Waals surface area contributed by atoms with E-state index in [4.69, 9.17) is 4.74 Å². The highest BCUT2D eigenvalue weighted by Gasteiger charge is 2.27. The molecule has 2 aromatic rings. The fraction of sp³-hybridized carbons (Fsp3) is 0.556. The largest absolute Gasteiger partial charge is 0.444 e. The second kappa shape index (κ2) is 8.02. The summed E-state index contributed by atoms with van der Waals surface area (Å²) >= 11 is 3.20. The van der Waals surface area contributed by atoms with Gasteiger partial charge in [-0.05, 0) is 45.6 Å². The summed E-state index contributed by atoms with van der Waals surface area (Å²) < 4.78 is 7.32. The van der Waals surface area contributed by atoms with Crippen LogP contribution in [0.4, 0.5) is 10.5 Å². The number of thioether (sulfide) groups is 1. The van der Waals surface area contributed by atoms with Gasteiger partial charge in [0, 0.05) is 31.0 Å². The van der Waals surface area contributed by atoms with Gasteiger partial charge in [0.2, 0.25) is 0 Å². The SMILES string of the molecule is CC(C)(C)OC(=O)N1CCC[C@@H](CSc2nc3cc([N+](=O)[O-])ccc3s2)C1. The number of nitrogens with zero attached hydrogens (tertiary/aromatic N) is 3. The number of hydrogen-bond acceptors (Lipinski definition) is 7. The van der Waals surface area contributed by atoms with Crippen LogP contribution in [-0.2, 0) is 4.74 Å². The van der Waals surface area contributed by atoms with Crippen molar-refractivity contribution < 1.29 is 14.5 Å². The Balaban J connectivity index is 1.58.